The summed E-state index contributed by atoms with van der Waals surface area (Å²) in [6.45, 7) is 3.38. The zero-order valence-corrected chi connectivity index (χ0v) is 40.1. The highest BCUT2D eigenvalue weighted by molar-refractivity contribution is 5.70. The molecule has 10 heteroatoms. The number of hydrogen-bond donors (Lipinski definition) is 4. The number of esters is 2. The van der Waals surface area contributed by atoms with Gasteiger partial charge in [0.2, 0.25) is 0 Å². The Morgan fingerprint density at radius 2 is 0.905 bits per heavy atom. The lowest BCUT2D eigenvalue weighted by atomic mass is 9.99. The van der Waals surface area contributed by atoms with E-state index >= 15 is 0 Å². The molecule has 0 spiro atoms. The van der Waals surface area contributed by atoms with E-state index in [1.54, 1.807) is 0 Å². The second-order valence-electron chi connectivity index (χ2n) is 17.6. The lowest BCUT2D eigenvalue weighted by Crippen LogP contribution is -2.59. The van der Waals surface area contributed by atoms with Gasteiger partial charge >= 0.3 is 11.9 Å². The van der Waals surface area contributed by atoms with Crippen LogP contribution in [0.25, 0.3) is 0 Å². The van der Waals surface area contributed by atoms with Crippen LogP contribution in [0.15, 0.2) is 48.6 Å². The van der Waals surface area contributed by atoms with Gasteiger partial charge in [0.1, 0.15) is 31.0 Å². The topological polar surface area (TPSA) is 152 Å². The van der Waals surface area contributed by atoms with Gasteiger partial charge in [0.15, 0.2) is 12.4 Å². The molecular weight excluding hydrogens is 797 g/mol. The molecule has 0 aromatic heterocycles. The monoisotopic (exact) mass is 891 g/mol. The molecule has 366 valence electrons. The number of rotatable bonds is 43. The third-order valence-corrected chi connectivity index (χ3v) is 11.7. The number of ether oxygens (including phenoxy) is 4. The van der Waals surface area contributed by atoms with E-state index in [1.807, 2.05) is 6.08 Å². The van der Waals surface area contributed by atoms with Gasteiger partial charge < -0.3 is 39.4 Å². The molecule has 0 aromatic carbocycles. The van der Waals surface area contributed by atoms with E-state index in [0.717, 1.165) is 44.9 Å². The van der Waals surface area contributed by atoms with Gasteiger partial charge in [-0.3, -0.25) is 9.59 Å². The average molecular weight is 891 g/mol. The molecular formula is C53H94O10. The lowest BCUT2D eigenvalue weighted by Gasteiger charge is -2.39. The number of aliphatic hydroxyl groups is 4. The Morgan fingerprint density at radius 1 is 0.492 bits per heavy atom. The van der Waals surface area contributed by atoms with Crippen molar-refractivity contribution in [2.45, 2.75) is 256 Å². The maximum Gasteiger partial charge on any atom is 0.306 e. The first kappa shape index (κ1) is 58.7. The van der Waals surface area contributed by atoms with Gasteiger partial charge in [0.05, 0.1) is 13.2 Å². The molecule has 2 unspecified atom stereocenters. The van der Waals surface area contributed by atoms with Crippen molar-refractivity contribution >= 4 is 11.9 Å². The smallest absolute Gasteiger partial charge is 0.306 e. The molecule has 0 aliphatic carbocycles. The third-order valence-electron chi connectivity index (χ3n) is 11.7. The van der Waals surface area contributed by atoms with Crippen LogP contribution in [0.4, 0.5) is 0 Å². The molecule has 6 atom stereocenters. The van der Waals surface area contributed by atoms with E-state index in [4.69, 9.17) is 18.9 Å². The van der Waals surface area contributed by atoms with Crippen LogP contribution >= 0.6 is 0 Å². The Bertz CT molecular complexity index is 1170. The predicted octanol–water partition coefficient (Wildman–Crippen LogP) is 12.0. The van der Waals surface area contributed by atoms with Crippen molar-refractivity contribution in [3.63, 3.8) is 0 Å². The highest BCUT2D eigenvalue weighted by Crippen LogP contribution is 2.23. The maximum atomic E-state index is 12.8. The first-order valence-corrected chi connectivity index (χ1v) is 25.7. The normalized spacial score (nSPS) is 19.9. The molecule has 0 amide bonds. The molecule has 1 saturated heterocycles. The molecule has 0 radical (unpaired) electrons. The Kier molecular flexibility index (Phi) is 40.6. The van der Waals surface area contributed by atoms with Crippen LogP contribution in [0.5, 0.6) is 0 Å². The molecule has 1 aliphatic rings. The molecule has 1 fully saturated rings. The number of hydrogen-bond acceptors (Lipinski definition) is 10. The van der Waals surface area contributed by atoms with Crippen LogP contribution in [-0.2, 0) is 28.5 Å². The summed E-state index contributed by atoms with van der Waals surface area (Å²) in [6.07, 6.45) is 45.6. The van der Waals surface area contributed by atoms with E-state index in [0.29, 0.717) is 12.8 Å². The summed E-state index contributed by atoms with van der Waals surface area (Å²) in [5, 5.41) is 40.2. The molecule has 63 heavy (non-hydrogen) atoms. The largest absolute Gasteiger partial charge is 0.462 e. The Balaban J connectivity index is 2.29. The van der Waals surface area contributed by atoms with E-state index in [9.17, 15) is 30.0 Å². The van der Waals surface area contributed by atoms with E-state index in [-0.39, 0.29) is 32.0 Å². The fourth-order valence-electron chi connectivity index (χ4n) is 7.61. The van der Waals surface area contributed by atoms with Crippen molar-refractivity contribution in [3.8, 4) is 0 Å². The number of carbonyl (C=O) groups excluding carboxylic acids is 2. The van der Waals surface area contributed by atoms with Crippen molar-refractivity contribution in [2.24, 2.45) is 0 Å². The van der Waals surface area contributed by atoms with Gasteiger partial charge in [0, 0.05) is 12.8 Å². The summed E-state index contributed by atoms with van der Waals surface area (Å²) in [5.74, 6) is -0.864. The fraction of sp³-hybridized carbons (Fsp3) is 0.811. The van der Waals surface area contributed by atoms with Crippen LogP contribution in [0, 0.1) is 0 Å². The first-order valence-electron chi connectivity index (χ1n) is 25.7. The van der Waals surface area contributed by atoms with Crippen LogP contribution in [0.1, 0.15) is 219 Å². The second-order valence-corrected chi connectivity index (χ2v) is 17.6. The van der Waals surface area contributed by atoms with Crippen LogP contribution in [0.3, 0.4) is 0 Å². The molecule has 0 aromatic rings. The van der Waals surface area contributed by atoms with Crippen LogP contribution < -0.4 is 0 Å². The summed E-state index contributed by atoms with van der Waals surface area (Å²) >= 11 is 0. The van der Waals surface area contributed by atoms with Gasteiger partial charge in [-0.1, -0.05) is 184 Å². The average Bonchev–Trinajstić information content (AvgIpc) is 3.28. The highest BCUT2D eigenvalue weighted by atomic mass is 16.7. The molecule has 1 heterocycles. The van der Waals surface area contributed by atoms with Crippen molar-refractivity contribution in [1.82, 2.24) is 0 Å². The Morgan fingerprint density at radius 3 is 1.40 bits per heavy atom. The Labute approximate surface area is 384 Å². The molecule has 10 nitrogen and oxygen atoms in total. The summed E-state index contributed by atoms with van der Waals surface area (Å²) in [6, 6.07) is 0. The molecule has 0 bridgehead atoms. The minimum absolute atomic E-state index is 0.158. The molecule has 1 aliphatic heterocycles. The summed E-state index contributed by atoms with van der Waals surface area (Å²) in [7, 11) is 0. The van der Waals surface area contributed by atoms with Gasteiger partial charge in [-0.2, -0.15) is 0 Å². The number of allylic oxidation sites excluding steroid dienone is 8. The van der Waals surface area contributed by atoms with Gasteiger partial charge in [0.25, 0.3) is 0 Å². The zero-order chi connectivity index (χ0) is 45.9. The van der Waals surface area contributed by atoms with Crippen LogP contribution in [0.2, 0.25) is 0 Å². The summed E-state index contributed by atoms with van der Waals surface area (Å²) in [4.78, 5) is 25.4. The molecule has 4 N–H and O–H groups in total. The maximum absolute atomic E-state index is 12.8. The minimum Gasteiger partial charge on any atom is -0.462 e. The quantitative estimate of drug-likeness (QED) is 0.0264. The lowest BCUT2D eigenvalue weighted by molar-refractivity contribution is -0.305. The SMILES string of the molecule is CCCCCCCC/C=C/C/C=C/C/C=C/CCCC(=O)O[C@@H](COC(=O)CCCCCCCCCCCCC/C=C/CCCCCCCC)CO[C@H]1O[C@@H](CO)[C@@H](O)C(O)C1O. The third kappa shape index (κ3) is 34.6. The van der Waals surface area contributed by atoms with Crippen molar-refractivity contribution < 1.29 is 49.0 Å². The zero-order valence-electron chi connectivity index (χ0n) is 40.1. The summed E-state index contributed by atoms with van der Waals surface area (Å²) < 4.78 is 22.2. The van der Waals surface area contributed by atoms with Gasteiger partial charge in [-0.25, -0.2) is 0 Å². The van der Waals surface area contributed by atoms with E-state index in [1.165, 1.54) is 135 Å². The Hall–Kier alpha value is -2.34. The molecule has 1 rings (SSSR count). The standard InChI is InChI=1S/C53H94O10/c1-3-5-7-9-11-13-15-17-19-21-22-23-24-26-27-29-31-33-35-37-39-41-48(55)60-44-46(45-61-53-52(59)51(58)50(57)47(43-54)63-53)62-49(56)42-40-38-36-34-32-30-28-25-20-18-16-14-12-10-8-6-4-2/h17-20,28,30,34,36,46-47,50-54,57-59H,3-16,21-27,29,31-33,35,37-45H2,1-2H3/b19-17+,20-18+,30-28+,36-34+/t46-,47-,50+,51?,52?,53-/m0/s1. The van der Waals surface area contributed by atoms with Crippen LogP contribution in [-0.4, -0.2) is 89.0 Å². The van der Waals surface area contributed by atoms with Crippen molar-refractivity contribution in [3.05, 3.63) is 48.6 Å². The van der Waals surface area contributed by atoms with Crippen molar-refractivity contribution in [1.29, 1.82) is 0 Å². The number of unbranched alkanes of at least 4 members (excludes halogenated alkanes) is 24. The number of carbonyl (C=O) groups is 2. The van der Waals surface area contributed by atoms with Crippen molar-refractivity contribution in [2.75, 3.05) is 19.8 Å². The predicted molar refractivity (Wildman–Crippen MR) is 256 cm³/mol. The minimum atomic E-state index is -1.60. The molecule has 0 saturated carbocycles. The number of aliphatic hydroxyl groups excluding tert-OH is 4. The fourth-order valence-corrected chi connectivity index (χ4v) is 7.61. The summed E-state index contributed by atoms with van der Waals surface area (Å²) in [5.41, 5.74) is 0. The van der Waals surface area contributed by atoms with E-state index in [2.05, 4.69) is 56.4 Å². The first-order chi connectivity index (χ1) is 30.8. The second kappa shape index (κ2) is 43.5. The van der Waals surface area contributed by atoms with Gasteiger partial charge in [-0.05, 0) is 70.6 Å². The van der Waals surface area contributed by atoms with E-state index < -0.39 is 49.4 Å². The van der Waals surface area contributed by atoms with Gasteiger partial charge in [-0.15, -0.1) is 0 Å². The highest BCUT2D eigenvalue weighted by Gasteiger charge is 2.44.